The Hall–Kier alpha value is -3.62. The molecule has 0 amide bonds. The molecule has 196 valence electrons. The first kappa shape index (κ1) is 26.0. The first-order chi connectivity index (χ1) is 18.2. The first-order valence-electron chi connectivity index (χ1n) is 12.9. The van der Waals surface area contributed by atoms with Gasteiger partial charge in [-0.3, -0.25) is 9.69 Å². The van der Waals surface area contributed by atoms with Gasteiger partial charge in [0, 0.05) is 29.0 Å². The molecule has 0 saturated heterocycles. The Balaban J connectivity index is 1.68. The second kappa shape index (κ2) is 10.6. The molecular formula is C30H34N6OS. The van der Waals surface area contributed by atoms with Gasteiger partial charge in [-0.25, -0.2) is 4.68 Å². The predicted molar refractivity (Wildman–Crippen MR) is 154 cm³/mol. The third kappa shape index (κ3) is 5.47. The summed E-state index contributed by atoms with van der Waals surface area (Å²) in [6, 6.07) is 20.4. The fraction of sp³-hybridized carbons (Fsp3) is 0.333. The van der Waals surface area contributed by atoms with Gasteiger partial charge in [-0.15, -0.1) is 16.4 Å². The number of tetrazole rings is 1. The average Bonchev–Trinajstić information content (AvgIpc) is 3.57. The molecule has 1 atom stereocenters. The molecule has 7 nitrogen and oxygen atoms in total. The van der Waals surface area contributed by atoms with Gasteiger partial charge in [-0.1, -0.05) is 36.4 Å². The van der Waals surface area contributed by atoms with Crippen molar-refractivity contribution in [1.29, 1.82) is 0 Å². The van der Waals surface area contributed by atoms with Gasteiger partial charge in [0.15, 0.2) is 5.82 Å². The van der Waals surface area contributed by atoms with E-state index in [-0.39, 0.29) is 11.1 Å². The van der Waals surface area contributed by atoms with Gasteiger partial charge in [0.25, 0.3) is 5.56 Å². The van der Waals surface area contributed by atoms with Gasteiger partial charge in [0.05, 0.1) is 5.54 Å². The third-order valence-electron chi connectivity index (χ3n) is 6.99. The lowest BCUT2D eigenvalue weighted by Gasteiger charge is -2.32. The molecular weight excluding hydrogens is 492 g/mol. The van der Waals surface area contributed by atoms with Crippen molar-refractivity contribution in [3.63, 3.8) is 0 Å². The number of aromatic nitrogens is 5. The standard InChI is InChI=1S/C30H34N6OS/c1-20-16-23-18-25(29(37)31-26(23)17-21(20)2)27(28-32-33-34-36(28)30(3,4)5)35(19-24-12-9-15-38-24)14-13-22-10-7-6-8-11-22/h6-12,15-18,27H,13-14,19H2,1-5H3,(H,31,37)/t27-/m0/s1. The molecule has 0 bridgehead atoms. The number of fused-ring (bicyclic) bond motifs is 1. The number of hydrogen-bond donors (Lipinski definition) is 1. The summed E-state index contributed by atoms with van der Waals surface area (Å²) in [4.78, 5) is 20.5. The van der Waals surface area contributed by atoms with Crippen LogP contribution in [0.5, 0.6) is 0 Å². The molecule has 0 aliphatic carbocycles. The quantitative estimate of drug-likeness (QED) is 0.277. The van der Waals surface area contributed by atoms with Crippen molar-refractivity contribution in [2.75, 3.05) is 6.54 Å². The smallest absolute Gasteiger partial charge is 0.253 e. The Morgan fingerprint density at radius 1 is 1.03 bits per heavy atom. The molecule has 0 radical (unpaired) electrons. The van der Waals surface area contributed by atoms with Crippen LogP contribution in [0, 0.1) is 13.8 Å². The van der Waals surface area contributed by atoms with Crippen LogP contribution in [0.1, 0.15) is 59.8 Å². The molecule has 0 aliphatic heterocycles. The summed E-state index contributed by atoms with van der Waals surface area (Å²) in [5.74, 6) is 0.663. The number of hydrogen-bond acceptors (Lipinski definition) is 6. The number of nitrogens with zero attached hydrogens (tertiary/aromatic N) is 5. The van der Waals surface area contributed by atoms with Crippen LogP contribution in [0.2, 0.25) is 0 Å². The molecule has 2 aromatic carbocycles. The summed E-state index contributed by atoms with van der Waals surface area (Å²) in [5, 5.41) is 16.1. The van der Waals surface area contributed by atoms with E-state index in [4.69, 9.17) is 0 Å². The molecule has 1 N–H and O–H groups in total. The maximum absolute atomic E-state index is 13.8. The highest BCUT2D eigenvalue weighted by molar-refractivity contribution is 7.09. The molecule has 3 heterocycles. The zero-order valence-electron chi connectivity index (χ0n) is 22.6. The summed E-state index contributed by atoms with van der Waals surface area (Å²) in [6.45, 7) is 11.8. The summed E-state index contributed by atoms with van der Waals surface area (Å²) < 4.78 is 1.85. The van der Waals surface area contributed by atoms with Crippen LogP contribution < -0.4 is 5.56 Å². The normalized spacial score (nSPS) is 12.9. The summed E-state index contributed by atoms with van der Waals surface area (Å²) in [7, 11) is 0. The number of aryl methyl sites for hydroxylation is 2. The van der Waals surface area contributed by atoms with Crippen molar-refractivity contribution in [3.05, 3.63) is 109 Å². The summed E-state index contributed by atoms with van der Waals surface area (Å²) in [5.41, 5.74) is 4.59. The Bertz CT molecular complexity index is 1580. The van der Waals surface area contributed by atoms with E-state index < -0.39 is 6.04 Å². The Kier molecular flexibility index (Phi) is 7.27. The van der Waals surface area contributed by atoms with Crippen molar-refractivity contribution >= 4 is 22.2 Å². The lowest BCUT2D eigenvalue weighted by atomic mass is 9.99. The third-order valence-corrected chi connectivity index (χ3v) is 7.85. The van der Waals surface area contributed by atoms with Crippen LogP contribution in [-0.4, -0.2) is 36.6 Å². The van der Waals surface area contributed by atoms with Crippen molar-refractivity contribution in [2.24, 2.45) is 0 Å². The second-order valence-corrected chi connectivity index (χ2v) is 11.9. The largest absolute Gasteiger partial charge is 0.322 e. The van der Waals surface area contributed by atoms with Gasteiger partial charge in [0.1, 0.15) is 6.04 Å². The topological polar surface area (TPSA) is 79.7 Å². The van der Waals surface area contributed by atoms with E-state index in [9.17, 15) is 4.79 Å². The van der Waals surface area contributed by atoms with E-state index in [1.165, 1.54) is 16.0 Å². The summed E-state index contributed by atoms with van der Waals surface area (Å²) >= 11 is 1.72. The van der Waals surface area contributed by atoms with Crippen LogP contribution in [0.4, 0.5) is 0 Å². The maximum Gasteiger partial charge on any atom is 0.253 e. The molecule has 0 unspecified atom stereocenters. The second-order valence-electron chi connectivity index (χ2n) is 10.9. The zero-order chi connectivity index (χ0) is 26.9. The highest BCUT2D eigenvalue weighted by atomic mass is 32.1. The lowest BCUT2D eigenvalue weighted by molar-refractivity contribution is 0.196. The van der Waals surface area contributed by atoms with Crippen LogP contribution in [-0.2, 0) is 18.5 Å². The Morgan fingerprint density at radius 3 is 2.50 bits per heavy atom. The van der Waals surface area contributed by atoms with E-state index in [2.05, 4.69) is 108 Å². The van der Waals surface area contributed by atoms with Crippen LogP contribution in [0.15, 0.2) is 70.8 Å². The zero-order valence-corrected chi connectivity index (χ0v) is 23.4. The van der Waals surface area contributed by atoms with Crippen LogP contribution in [0.3, 0.4) is 0 Å². The van der Waals surface area contributed by atoms with E-state index in [0.29, 0.717) is 17.9 Å². The number of benzene rings is 2. The molecule has 0 fully saturated rings. The van der Waals surface area contributed by atoms with E-state index in [1.807, 2.05) is 22.9 Å². The minimum Gasteiger partial charge on any atom is -0.322 e. The van der Waals surface area contributed by atoms with E-state index >= 15 is 0 Å². The van der Waals surface area contributed by atoms with Crippen molar-refractivity contribution in [3.8, 4) is 0 Å². The maximum atomic E-state index is 13.8. The van der Waals surface area contributed by atoms with E-state index in [0.717, 1.165) is 29.4 Å². The minimum absolute atomic E-state index is 0.120. The number of H-pyrrole nitrogens is 1. The van der Waals surface area contributed by atoms with Crippen molar-refractivity contribution in [1.82, 2.24) is 30.1 Å². The number of nitrogens with one attached hydrogen (secondary N) is 1. The van der Waals surface area contributed by atoms with Gasteiger partial charge in [0.2, 0.25) is 0 Å². The molecule has 5 aromatic rings. The molecule has 3 aromatic heterocycles. The number of aromatic amines is 1. The highest BCUT2D eigenvalue weighted by Gasteiger charge is 2.33. The molecule has 8 heteroatoms. The SMILES string of the molecule is Cc1cc2cc([C@@H](c3nnnn3C(C)(C)C)N(CCc3ccccc3)Cc3cccs3)c(=O)[nH]c2cc1C. The van der Waals surface area contributed by atoms with Crippen LogP contribution in [0.25, 0.3) is 10.9 Å². The molecule has 0 aliphatic rings. The minimum atomic E-state index is -0.440. The Morgan fingerprint density at radius 2 is 1.79 bits per heavy atom. The van der Waals surface area contributed by atoms with Crippen LogP contribution >= 0.6 is 11.3 Å². The predicted octanol–water partition coefficient (Wildman–Crippen LogP) is 5.78. The number of rotatable bonds is 8. The number of pyridine rings is 1. The summed E-state index contributed by atoms with van der Waals surface area (Å²) in [6.07, 6.45) is 0.837. The first-order valence-corrected chi connectivity index (χ1v) is 13.8. The average molecular weight is 527 g/mol. The number of thiophene rings is 1. The Labute approximate surface area is 227 Å². The highest BCUT2D eigenvalue weighted by Crippen LogP contribution is 2.32. The van der Waals surface area contributed by atoms with Crippen molar-refractivity contribution < 1.29 is 0 Å². The molecule has 0 spiro atoms. The fourth-order valence-corrected chi connectivity index (χ4v) is 5.59. The molecule has 38 heavy (non-hydrogen) atoms. The van der Waals surface area contributed by atoms with Gasteiger partial charge in [-0.05, 0) is 103 Å². The molecule has 0 saturated carbocycles. The fourth-order valence-electron chi connectivity index (χ4n) is 4.86. The molecule has 5 rings (SSSR count). The van der Waals surface area contributed by atoms with Gasteiger partial charge < -0.3 is 4.98 Å². The monoisotopic (exact) mass is 526 g/mol. The van der Waals surface area contributed by atoms with E-state index in [1.54, 1.807) is 11.3 Å². The van der Waals surface area contributed by atoms with Crippen molar-refractivity contribution in [2.45, 2.75) is 59.2 Å². The lowest BCUT2D eigenvalue weighted by Crippen LogP contribution is -2.38. The van der Waals surface area contributed by atoms with Gasteiger partial charge >= 0.3 is 0 Å². The van der Waals surface area contributed by atoms with Gasteiger partial charge in [-0.2, -0.15) is 0 Å².